The van der Waals surface area contributed by atoms with Crippen molar-refractivity contribution >= 4 is 33.7 Å². The fourth-order valence-corrected chi connectivity index (χ4v) is 2.03. The third-order valence-corrected chi connectivity index (χ3v) is 3.02. The van der Waals surface area contributed by atoms with Gasteiger partial charge in [-0.2, -0.15) is 5.10 Å². The number of urea groups is 1. The van der Waals surface area contributed by atoms with E-state index in [4.69, 9.17) is 10.8 Å². The van der Waals surface area contributed by atoms with Crippen molar-refractivity contribution in [1.82, 2.24) is 9.78 Å². The van der Waals surface area contributed by atoms with Gasteiger partial charge in [0, 0.05) is 0 Å². The zero-order valence-electron chi connectivity index (χ0n) is 9.50. The fraction of sp³-hybridized carbons (Fsp3) is 0. The third kappa shape index (κ3) is 2.58. The number of hydrogen-bond donors (Lipinski definition) is 3. The lowest BCUT2D eigenvalue weighted by Gasteiger charge is -2.07. The van der Waals surface area contributed by atoms with Crippen LogP contribution in [0.2, 0.25) is 0 Å². The first-order chi connectivity index (χ1) is 9.00. The number of primary amides is 1. The molecule has 19 heavy (non-hydrogen) atoms. The Bertz CT molecular complexity index is 639. The summed E-state index contributed by atoms with van der Waals surface area (Å²) in [5, 5.41) is 15.3. The van der Waals surface area contributed by atoms with Crippen LogP contribution in [0.15, 0.2) is 34.8 Å². The van der Waals surface area contributed by atoms with E-state index in [0.717, 1.165) is 0 Å². The highest BCUT2D eigenvalue weighted by Crippen LogP contribution is 2.29. The van der Waals surface area contributed by atoms with Crippen LogP contribution in [0, 0.1) is 0 Å². The topological polar surface area (TPSA) is 110 Å². The standard InChI is InChI=1S/C11H9BrN4O3/c12-7-8(10(17)18)15-16(9(7)14-11(13)19)6-4-2-1-3-5-6/h1-5H,(H,17,18)(H3,13,14,19). The van der Waals surface area contributed by atoms with E-state index in [1.54, 1.807) is 30.3 Å². The minimum absolute atomic E-state index is 0.155. The van der Waals surface area contributed by atoms with Crippen LogP contribution in [-0.4, -0.2) is 26.9 Å². The summed E-state index contributed by atoms with van der Waals surface area (Å²) in [6, 6.07) is 7.96. The zero-order chi connectivity index (χ0) is 14.0. The SMILES string of the molecule is NC(=O)Nc1c(Br)c(C(=O)O)nn1-c1ccccc1. The molecule has 2 rings (SSSR count). The molecule has 0 radical (unpaired) electrons. The van der Waals surface area contributed by atoms with Crippen molar-refractivity contribution in [2.45, 2.75) is 0 Å². The normalized spacial score (nSPS) is 10.2. The average Bonchev–Trinajstić information content (AvgIpc) is 2.68. The van der Waals surface area contributed by atoms with Gasteiger partial charge in [-0.1, -0.05) is 18.2 Å². The Morgan fingerprint density at radius 3 is 2.47 bits per heavy atom. The van der Waals surface area contributed by atoms with Crippen LogP contribution in [-0.2, 0) is 0 Å². The third-order valence-electron chi connectivity index (χ3n) is 2.27. The number of nitrogens with two attached hydrogens (primary N) is 1. The molecule has 0 aliphatic carbocycles. The molecule has 0 saturated carbocycles. The summed E-state index contributed by atoms with van der Waals surface area (Å²) < 4.78 is 1.45. The number of nitrogens with one attached hydrogen (secondary N) is 1. The van der Waals surface area contributed by atoms with E-state index in [0.29, 0.717) is 5.69 Å². The Morgan fingerprint density at radius 1 is 1.32 bits per heavy atom. The number of aromatic carboxylic acids is 1. The predicted molar refractivity (Wildman–Crippen MR) is 71.4 cm³/mol. The number of carboxylic acids is 1. The molecule has 0 atom stereocenters. The van der Waals surface area contributed by atoms with Crippen molar-refractivity contribution in [3.8, 4) is 5.69 Å². The lowest BCUT2D eigenvalue weighted by Crippen LogP contribution is -2.21. The highest BCUT2D eigenvalue weighted by molar-refractivity contribution is 9.10. The molecule has 0 aliphatic heterocycles. The molecule has 8 heteroatoms. The van der Waals surface area contributed by atoms with Crippen molar-refractivity contribution in [2.75, 3.05) is 5.32 Å². The van der Waals surface area contributed by atoms with E-state index in [9.17, 15) is 9.59 Å². The van der Waals surface area contributed by atoms with Crippen LogP contribution in [0.25, 0.3) is 5.69 Å². The minimum Gasteiger partial charge on any atom is -0.476 e. The summed E-state index contributed by atoms with van der Waals surface area (Å²) in [5.74, 6) is -1.05. The quantitative estimate of drug-likeness (QED) is 0.799. The maximum absolute atomic E-state index is 11.1. The maximum Gasteiger partial charge on any atom is 0.357 e. The van der Waals surface area contributed by atoms with Gasteiger partial charge in [-0.15, -0.1) is 0 Å². The number of hydrogen-bond acceptors (Lipinski definition) is 3. The molecule has 0 aliphatic rings. The van der Waals surface area contributed by atoms with E-state index >= 15 is 0 Å². The molecule has 2 aromatic rings. The molecule has 0 unspecified atom stereocenters. The number of carbonyl (C=O) groups is 2. The van der Waals surface area contributed by atoms with Gasteiger partial charge in [-0.25, -0.2) is 14.3 Å². The number of aromatic nitrogens is 2. The summed E-state index contributed by atoms with van der Waals surface area (Å²) in [7, 11) is 0. The summed E-state index contributed by atoms with van der Waals surface area (Å²) in [4.78, 5) is 22.0. The maximum atomic E-state index is 11.1. The lowest BCUT2D eigenvalue weighted by molar-refractivity contribution is 0.0689. The first-order valence-corrected chi connectivity index (χ1v) is 5.93. The lowest BCUT2D eigenvalue weighted by atomic mass is 10.3. The number of anilines is 1. The van der Waals surface area contributed by atoms with E-state index in [1.807, 2.05) is 0 Å². The molecule has 1 aromatic heterocycles. The van der Waals surface area contributed by atoms with Crippen LogP contribution in [0.1, 0.15) is 10.5 Å². The minimum atomic E-state index is -1.21. The number of benzene rings is 1. The highest BCUT2D eigenvalue weighted by atomic mass is 79.9. The number of halogens is 1. The Labute approximate surface area is 116 Å². The van der Waals surface area contributed by atoms with Crippen molar-refractivity contribution in [2.24, 2.45) is 5.73 Å². The van der Waals surface area contributed by atoms with E-state index in [-0.39, 0.29) is 16.0 Å². The molecule has 0 bridgehead atoms. The van der Waals surface area contributed by atoms with E-state index in [2.05, 4.69) is 26.3 Å². The smallest absolute Gasteiger partial charge is 0.357 e. The number of nitrogens with zero attached hydrogens (tertiary/aromatic N) is 2. The molecule has 2 amide bonds. The van der Waals surface area contributed by atoms with Crippen LogP contribution >= 0.6 is 15.9 Å². The molecular formula is C11H9BrN4O3. The molecule has 1 aromatic carbocycles. The molecule has 4 N–H and O–H groups in total. The van der Waals surface area contributed by atoms with Gasteiger partial charge in [-0.3, -0.25) is 5.32 Å². The van der Waals surface area contributed by atoms with Gasteiger partial charge in [0.2, 0.25) is 0 Å². The van der Waals surface area contributed by atoms with Gasteiger partial charge in [0.1, 0.15) is 0 Å². The Kier molecular flexibility index (Phi) is 3.52. The van der Waals surface area contributed by atoms with Crippen LogP contribution in [0.3, 0.4) is 0 Å². The van der Waals surface area contributed by atoms with Crippen LogP contribution in [0.5, 0.6) is 0 Å². The number of para-hydroxylation sites is 1. The summed E-state index contributed by atoms with van der Waals surface area (Å²) >= 11 is 3.09. The highest BCUT2D eigenvalue weighted by Gasteiger charge is 2.22. The molecule has 0 spiro atoms. The van der Waals surface area contributed by atoms with Crippen molar-refractivity contribution < 1.29 is 14.7 Å². The molecule has 0 fully saturated rings. The van der Waals surface area contributed by atoms with Crippen molar-refractivity contribution in [3.05, 3.63) is 40.5 Å². The largest absolute Gasteiger partial charge is 0.476 e. The molecular weight excluding hydrogens is 316 g/mol. The number of amides is 2. The van der Waals surface area contributed by atoms with Gasteiger partial charge in [0.15, 0.2) is 11.5 Å². The van der Waals surface area contributed by atoms with E-state index < -0.39 is 12.0 Å². The zero-order valence-corrected chi connectivity index (χ0v) is 11.1. The summed E-state index contributed by atoms with van der Waals surface area (Å²) in [6.07, 6.45) is 0. The van der Waals surface area contributed by atoms with E-state index in [1.165, 1.54) is 4.68 Å². The summed E-state index contributed by atoms with van der Waals surface area (Å²) in [6.45, 7) is 0. The molecule has 98 valence electrons. The summed E-state index contributed by atoms with van der Waals surface area (Å²) in [5.41, 5.74) is 5.45. The van der Waals surface area contributed by atoms with Crippen LogP contribution < -0.4 is 11.1 Å². The van der Waals surface area contributed by atoms with Gasteiger partial charge >= 0.3 is 12.0 Å². The van der Waals surface area contributed by atoms with Gasteiger partial charge in [0.25, 0.3) is 0 Å². The molecule has 1 heterocycles. The first kappa shape index (κ1) is 13.1. The van der Waals surface area contributed by atoms with Gasteiger partial charge in [0.05, 0.1) is 10.2 Å². The fourth-order valence-electron chi connectivity index (χ4n) is 1.52. The molecule has 0 saturated heterocycles. The Hall–Kier alpha value is -2.35. The number of carbonyl (C=O) groups excluding carboxylic acids is 1. The van der Waals surface area contributed by atoms with Gasteiger partial charge < -0.3 is 10.8 Å². The second-order valence-electron chi connectivity index (χ2n) is 3.55. The van der Waals surface area contributed by atoms with Gasteiger partial charge in [-0.05, 0) is 28.1 Å². The Balaban J connectivity index is 2.62. The van der Waals surface area contributed by atoms with Crippen molar-refractivity contribution in [1.29, 1.82) is 0 Å². The predicted octanol–water partition coefficient (Wildman–Crippen LogP) is 1.82. The Morgan fingerprint density at radius 2 is 1.95 bits per heavy atom. The number of rotatable bonds is 3. The second kappa shape index (κ2) is 5.11. The molecule has 7 nitrogen and oxygen atoms in total. The first-order valence-electron chi connectivity index (χ1n) is 5.14. The average molecular weight is 325 g/mol. The van der Waals surface area contributed by atoms with Crippen LogP contribution in [0.4, 0.5) is 10.6 Å². The van der Waals surface area contributed by atoms with Crippen molar-refractivity contribution in [3.63, 3.8) is 0 Å². The number of carboxylic acid groups (broad SMARTS) is 1. The monoisotopic (exact) mass is 324 g/mol. The second-order valence-corrected chi connectivity index (χ2v) is 4.35.